The Hall–Kier alpha value is -2.31. The number of ketones is 1. The van der Waals surface area contributed by atoms with Gasteiger partial charge in [-0.05, 0) is 51.3 Å². The molecule has 1 aromatic carbocycles. The van der Waals surface area contributed by atoms with Crippen molar-refractivity contribution in [1.82, 2.24) is 0 Å². The van der Waals surface area contributed by atoms with Gasteiger partial charge in [-0.15, -0.1) is 0 Å². The van der Waals surface area contributed by atoms with Crippen LogP contribution in [0.15, 0.2) is 23.3 Å². The minimum atomic E-state index is -3.55. The van der Waals surface area contributed by atoms with Crippen molar-refractivity contribution in [2.75, 3.05) is 10.3 Å². The van der Waals surface area contributed by atoms with Crippen molar-refractivity contribution < 1.29 is 18.4 Å². The SMILES string of the molecule is CC(C)N1C(=O)C(F)(F)c2cc(N/N=C3/CCCCCC3=O)ccc21. The van der Waals surface area contributed by atoms with E-state index in [2.05, 4.69) is 10.5 Å². The normalized spacial score (nSPS) is 21.6. The Kier molecular flexibility index (Phi) is 4.58. The van der Waals surface area contributed by atoms with Gasteiger partial charge in [0.1, 0.15) is 5.71 Å². The van der Waals surface area contributed by atoms with Crippen LogP contribution < -0.4 is 10.3 Å². The topological polar surface area (TPSA) is 61.8 Å². The van der Waals surface area contributed by atoms with E-state index in [1.165, 1.54) is 12.1 Å². The molecule has 0 saturated heterocycles. The van der Waals surface area contributed by atoms with Crippen molar-refractivity contribution in [3.8, 4) is 0 Å². The predicted octanol–water partition coefficient (Wildman–Crippen LogP) is 3.83. The van der Waals surface area contributed by atoms with Gasteiger partial charge in [0, 0.05) is 12.5 Å². The molecule has 2 aliphatic rings. The fourth-order valence-electron chi connectivity index (χ4n) is 3.24. The van der Waals surface area contributed by atoms with Crippen LogP contribution in [0.2, 0.25) is 0 Å². The second-order valence-electron chi connectivity index (χ2n) is 6.73. The Bertz CT molecular complexity index is 744. The number of hydrazone groups is 1. The second kappa shape index (κ2) is 6.54. The molecule has 1 aromatic rings. The Balaban J connectivity index is 1.88. The standard InChI is InChI=1S/C18H21F2N3O2/c1-11(2)23-15-9-8-12(10-13(15)18(19,20)17(23)25)21-22-14-6-4-3-5-7-16(14)24/h8-11,21H,3-7H2,1-2H3/b22-14-. The number of alkyl halides is 2. The number of hydrogen-bond donors (Lipinski definition) is 1. The molecule has 7 heteroatoms. The van der Waals surface area contributed by atoms with E-state index in [0.717, 1.165) is 24.2 Å². The van der Waals surface area contributed by atoms with E-state index in [9.17, 15) is 18.4 Å². The summed E-state index contributed by atoms with van der Waals surface area (Å²) in [5.74, 6) is -4.76. The molecule has 1 amide bonds. The van der Waals surface area contributed by atoms with Gasteiger partial charge < -0.3 is 4.90 Å². The van der Waals surface area contributed by atoms with Crippen LogP contribution in [0, 0.1) is 0 Å². The molecule has 3 rings (SSSR count). The molecule has 1 N–H and O–H groups in total. The van der Waals surface area contributed by atoms with E-state index in [-0.39, 0.29) is 23.1 Å². The maximum atomic E-state index is 14.3. The number of halogens is 2. The monoisotopic (exact) mass is 349 g/mol. The summed E-state index contributed by atoms with van der Waals surface area (Å²) in [6.07, 6.45) is 3.80. The van der Waals surface area contributed by atoms with Crippen LogP contribution in [0.25, 0.3) is 0 Å². The third-order valence-electron chi connectivity index (χ3n) is 4.56. The number of carbonyl (C=O) groups excluding carboxylic acids is 2. The van der Waals surface area contributed by atoms with Gasteiger partial charge in [-0.1, -0.05) is 6.42 Å². The summed E-state index contributed by atoms with van der Waals surface area (Å²) in [6.45, 7) is 3.39. The average Bonchev–Trinajstić information content (AvgIpc) is 2.69. The summed E-state index contributed by atoms with van der Waals surface area (Å²) in [7, 11) is 0. The van der Waals surface area contributed by atoms with Gasteiger partial charge >= 0.3 is 11.8 Å². The molecule has 0 spiro atoms. The third kappa shape index (κ3) is 3.15. The van der Waals surface area contributed by atoms with Crippen LogP contribution in [0.5, 0.6) is 0 Å². The lowest BCUT2D eigenvalue weighted by Crippen LogP contribution is -2.39. The maximum Gasteiger partial charge on any atom is 0.352 e. The molecule has 1 saturated carbocycles. The quantitative estimate of drug-likeness (QED) is 0.666. The highest BCUT2D eigenvalue weighted by molar-refractivity contribution is 6.40. The van der Waals surface area contributed by atoms with Crippen molar-refractivity contribution >= 4 is 28.8 Å². The number of rotatable bonds is 3. The molecule has 0 unspecified atom stereocenters. The molecule has 0 aromatic heterocycles. The number of anilines is 2. The first-order valence-corrected chi connectivity index (χ1v) is 8.54. The summed E-state index contributed by atoms with van der Waals surface area (Å²) in [4.78, 5) is 25.1. The van der Waals surface area contributed by atoms with E-state index < -0.39 is 11.8 Å². The molecular formula is C18H21F2N3O2. The van der Waals surface area contributed by atoms with Gasteiger partial charge in [-0.25, -0.2) is 0 Å². The number of fused-ring (bicyclic) bond motifs is 1. The van der Waals surface area contributed by atoms with Gasteiger partial charge in [0.25, 0.3) is 0 Å². The number of benzene rings is 1. The molecule has 1 fully saturated rings. The number of hydrogen-bond acceptors (Lipinski definition) is 4. The smallest absolute Gasteiger partial charge is 0.304 e. The number of carbonyl (C=O) groups is 2. The van der Waals surface area contributed by atoms with Gasteiger partial charge in [0.05, 0.1) is 16.9 Å². The second-order valence-corrected chi connectivity index (χ2v) is 6.73. The molecular weight excluding hydrogens is 328 g/mol. The van der Waals surface area contributed by atoms with Crippen LogP contribution >= 0.6 is 0 Å². The van der Waals surface area contributed by atoms with Crippen LogP contribution in [-0.4, -0.2) is 23.4 Å². The number of nitrogens with zero attached hydrogens (tertiary/aromatic N) is 2. The zero-order valence-electron chi connectivity index (χ0n) is 14.3. The Morgan fingerprint density at radius 3 is 2.60 bits per heavy atom. The lowest BCUT2D eigenvalue weighted by Gasteiger charge is -2.21. The number of amides is 1. The lowest BCUT2D eigenvalue weighted by atomic mass is 10.1. The zero-order chi connectivity index (χ0) is 18.2. The molecule has 1 heterocycles. The summed E-state index contributed by atoms with van der Waals surface area (Å²) in [6, 6.07) is 3.96. The van der Waals surface area contributed by atoms with Crippen molar-refractivity contribution in [2.24, 2.45) is 5.10 Å². The minimum absolute atomic E-state index is 0.00218. The third-order valence-corrected chi connectivity index (χ3v) is 4.56. The highest BCUT2D eigenvalue weighted by Crippen LogP contribution is 2.46. The minimum Gasteiger partial charge on any atom is -0.304 e. The van der Waals surface area contributed by atoms with Crippen LogP contribution in [0.3, 0.4) is 0 Å². The number of Topliss-reactive ketones (excluding diaryl/α,β-unsaturated/α-hetero) is 1. The highest BCUT2D eigenvalue weighted by Gasteiger charge is 2.53. The Morgan fingerprint density at radius 1 is 1.16 bits per heavy atom. The van der Waals surface area contributed by atoms with Gasteiger partial charge in [-0.3, -0.25) is 15.0 Å². The molecule has 0 radical (unpaired) electrons. The predicted molar refractivity (Wildman–Crippen MR) is 92.1 cm³/mol. The molecule has 0 atom stereocenters. The molecule has 1 aliphatic carbocycles. The van der Waals surface area contributed by atoms with E-state index in [1.807, 2.05) is 0 Å². The van der Waals surface area contributed by atoms with E-state index in [1.54, 1.807) is 19.9 Å². The van der Waals surface area contributed by atoms with Gasteiger partial charge in [-0.2, -0.15) is 13.9 Å². The van der Waals surface area contributed by atoms with Crippen molar-refractivity contribution in [3.63, 3.8) is 0 Å². The summed E-state index contributed by atoms with van der Waals surface area (Å²) in [5.41, 5.74) is 3.37. The molecule has 134 valence electrons. The summed E-state index contributed by atoms with van der Waals surface area (Å²) >= 11 is 0. The average molecular weight is 349 g/mol. The first-order valence-electron chi connectivity index (χ1n) is 8.54. The van der Waals surface area contributed by atoms with E-state index in [0.29, 0.717) is 24.2 Å². The first kappa shape index (κ1) is 17.5. The highest BCUT2D eigenvalue weighted by atomic mass is 19.3. The van der Waals surface area contributed by atoms with E-state index in [4.69, 9.17) is 0 Å². The van der Waals surface area contributed by atoms with Crippen LogP contribution in [0.1, 0.15) is 51.5 Å². The lowest BCUT2D eigenvalue weighted by molar-refractivity contribution is -0.142. The molecule has 25 heavy (non-hydrogen) atoms. The van der Waals surface area contributed by atoms with Crippen molar-refractivity contribution in [1.29, 1.82) is 0 Å². The maximum absolute atomic E-state index is 14.3. The van der Waals surface area contributed by atoms with Gasteiger partial charge in [0.15, 0.2) is 5.78 Å². The Labute approximate surface area is 145 Å². The molecule has 0 bridgehead atoms. The Morgan fingerprint density at radius 2 is 1.88 bits per heavy atom. The molecule has 5 nitrogen and oxygen atoms in total. The number of nitrogens with one attached hydrogen (secondary N) is 1. The summed E-state index contributed by atoms with van der Waals surface area (Å²) in [5, 5.41) is 4.11. The van der Waals surface area contributed by atoms with Crippen LogP contribution in [0.4, 0.5) is 20.2 Å². The fraction of sp³-hybridized carbons (Fsp3) is 0.500. The largest absolute Gasteiger partial charge is 0.352 e. The first-order chi connectivity index (χ1) is 11.8. The van der Waals surface area contributed by atoms with Crippen LogP contribution in [-0.2, 0) is 15.5 Å². The fourth-order valence-corrected chi connectivity index (χ4v) is 3.24. The van der Waals surface area contributed by atoms with Crippen molar-refractivity contribution in [2.45, 2.75) is 57.9 Å². The molecule has 1 aliphatic heterocycles. The van der Waals surface area contributed by atoms with Crippen molar-refractivity contribution in [3.05, 3.63) is 23.8 Å². The van der Waals surface area contributed by atoms with Gasteiger partial charge in [0.2, 0.25) is 0 Å². The zero-order valence-corrected chi connectivity index (χ0v) is 14.3. The van der Waals surface area contributed by atoms with E-state index >= 15 is 0 Å². The summed E-state index contributed by atoms with van der Waals surface area (Å²) < 4.78 is 28.6.